The van der Waals surface area contributed by atoms with Crippen molar-refractivity contribution >= 4 is 11.9 Å². The van der Waals surface area contributed by atoms with E-state index in [0.717, 1.165) is 0 Å². The van der Waals surface area contributed by atoms with Gasteiger partial charge in [-0.2, -0.15) is 4.98 Å². The lowest BCUT2D eigenvalue weighted by atomic mass is 10.2. The zero-order chi connectivity index (χ0) is 14.3. The maximum absolute atomic E-state index is 11.9. The lowest BCUT2D eigenvalue weighted by Crippen LogP contribution is -2.33. The molecule has 0 unspecified atom stereocenters. The van der Waals surface area contributed by atoms with E-state index in [1.54, 1.807) is 11.8 Å². The number of hydrogen-bond acceptors (Lipinski definition) is 6. The molecule has 0 N–H and O–H groups in total. The first-order valence-corrected chi connectivity index (χ1v) is 6.20. The highest BCUT2D eigenvalue weighted by atomic mass is 16.5. The second kappa shape index (κ2) is 7.50. The number of carbonyl (C=O) groups excluding carboxylic acids is 2. The molecule has 1 rings (SSSR count). The van der Waals surface area contributed by atoms with Crippen molar-refractivity contribution in [2.24, 2.45) is 0 Å². The number of nitrogens with zero attached hydrogens (tertiary/aromatic N) is 3. The summed E-state index contributed by atoms with van der Waals surface area (Å²) in [5.74, 6) is 0.649. The minimum absolute atomic E-state index is 0.0396. The molecule has 7 nitrogen and oxygen atoms in total. The molecule has 0 fully saturated rings. The van der Waals surface area contributed by atoms with Gasteiger partial charge in [-0.25, -0.2) is 0 Å². The number of amides is 1. The summed E-state index contributed by atoms with van der Waals surface area (Å²) in [5.41, 5.74) is 0. The highest BCUT2D eigenvalue weighted by Gasteiger charge is 2.15. The van der Waals surface area contributed by atoms with Gasteiger partial charge in [-0.3, -0.25) is 9.59 Å². The Morgan fingerprint density at radius 3 is 2.63 bits per heavy atom. The molecule has 0 aromatic carbocycles. The van der Waals surface area contributed by atoms with E-state index in [0.29, 0.717) is 31.2 Å². The second-order valence-corrected chi connectivity index (χ2v) is 4.03. The zero-order valence-electron chi connectivity index (χ0n) is 11.5. The molecule has 106 valence electrons. The number of ether oxygens (including phenoxy) is 1. The quantitative estimate of drug-likeness (QED) is 0.678. The SMILES string of the molecule is CCN(CCC(=O)OC)C(=O)CCc1nc(C)no1. The Morgan fingerprint density at radius 2 is 2.11 bits per heavy atom. The lowest BCUT2D eigenvalue weighted by molar-refractivity contribution is -0.141. The van der Waals surface area contributed by atoms with Gasteiger partial charge in [0.15, 0.2) is 5.82 Å². The molecule has 1 aromatic heterocycles. The summed E-state index contributed by atoms with van der Waals surface area (Å²) < 4.78 is 9.48. The summed E-state index contributed by atoms with van der Waals surface area (Å²) in [7, 11) is 1.33. The van der Waals surface area contributed by atoms with Crippen LogP contribution in [0.4, 0.5) is 0 Å². The Hall–Kier alpha value is -1.92. The van der Waals surface area contributed by atoms with Gasteiger partial charge in [0, 0.05) is 25.9 Å². The molecule has 0 spiro atoms. The first kappa shape index (κ1) is 15.1. The standard InChI is InChI=1S/C12H19N3O4/c1-4-15(8-7-12(17)18-3)11(16)6-5-10-13-9(2)14-19-10/h4-8H2,1-3H3. The topological polar surface area (TPSA) is 85.5 Å². The van der Waals surface area contributed by atoms with Crippen LogP contribution in [0.15, 0.2) is 4.52 Å². The number of carbonyl (C=O) groups is 2. The molecule has 0 aliphatic carbocycles. The van der Waals surface area contributed by atoms with E-state index in [1.807, 2.05) is 6.92 Å². The normalized spacial score (nSPS) is 10.3. The fourth-order valence-corrected chi connectivity index (χ4v) is 1.60. The average molecular weight is 269 g/mol. The smallest absolute Gasteiger partial charge is 0.307 e. The van der Waals surface area contributed by atoms with Crippen molar-refractivity contribution in [2.75, 3.05) is 20.2 Å². The number of aromatic nitrogens is 2. The van der Waals surface area contributed by atoms with E-state index >= 15 is 0 Å². The number of rotatable bonds is 7. The van der Waals surface area contributed by atoms with Gasteiger partial charge in [-0.15, -0.1) is 0 Å². The predicted octanol–water partition coefficient (Wildman–Crippen LogP) is 0.722. The number of aryl methyl sites for hydroxylation is 2. The maximum Gasteiger partial charge on any atom is 0.307 e. The van der Waals surface area contributed by atoms with Gasteiger partial charge in [0.1, 0.15) is 0 Å². The minimum Gasteiger partial charge on any atom is -0.469 e. The molecule has 0 radical (unpaired) electrons. The zero-order valence-corrected chi connectivity index (χ0v) is 11.5. The Kier molecular flexibility index (Phi) is 5.98. The summed E-state index contributed by atoms with van der Waals surface area (Å²) >= 11 is 0. The van der Waals surface area contributed by atoms with Crippen molar-refractivity contribution in [1.29, 1.82) is 0 Å². The summed E-state index contributed by atoms with van der Waals surface area (Å²) in [6.07, 6.45) is 0.904. The molecule has 0 atom stereocenters. The molecule has 7 heteroatoms. The van der Waals surface area contributed by atoms with E-state index in [9.17, 15) is 9.59 Å². The van der Waals surface area contributed by atoms with Gasteiger partial charge in [0.25, 0.3) is 0 Å². The van der Waals surface area contributed by atoms with Crippen molar-refractivity contribution in [3.8, 4) is 0 Å². The Balaban J connectivity index is 2.38. The lowest BCUT2D eigenvalue weighted by Gasteiger charge is -2.19. The molecule has 1 aromatic rings. The Labute approximate surface area is 111 Å². The largest absolute Gasteiger partial charge is 0.469 e. The molecule has 0 saturated carbocycles. The fraction of sp³-hybridized carbons (Fsp3) is 0.667. The minimum atomic E-state index is -0.321. The van der Waals surface area contributed by atoms with Gasteiger partial charge < -0.3 is 14.2 Å². The van der Waals surface area contributed by atoms with Crippen LogP contribution in [-0.2, 0) is 20.7 Å². The van der Waals surface area contributed by atoms with Crippen molar-refractivity contribution in [3.05, 3.63) is 11.7 Å². The molecule has 1 heterocycles. The van der Waals surface area contributed by atoms with Crippen LogP contribution in [0, 0.1) is 6.92 Å². The molecule has 0 saturated heterocycles. The highest BCUT2D eigenvalue weighted by Crippen LogP contribution is 2.04. The van der Waals surface area contributed by atoms with Crippen LogP contribution in [0.3, 0.4) is 0 Å². The van der Waals surface area contributed by atoms with E-state index in [2.05, 4.69) is 14.9 Å². The third-order valence-electron chi connectivity index (χ3n) is 2.67. The monoisotopic (exact) mass is 269 g/mol. The van der Waals surface area contributed by atoms with Crippen LogP contribution >= 0.6 is 0 Å². The Morgan fingerprint density at radius 1 is 1.37 bits per heavy atom. The van der Waals surface area contributed by atoms with Crippen LogP contribution in [0.25, 0.3) is 0 Å². The van der Waals surface area contributed by atoms with Crippen molar-refractivity contribution in [1.82, 2.24) is 15.0 Å². The van der Waals surface area contributed by atoms with Crippen LogP contribution in [0.1, 0.15) is 31.5 Å². The number of esters is 1. The van der Waals surface area contributed by atoms with Crippen molar-refractivity contribution < 1.29 is 18.8 Å². The highest BCUT2D eigenvalue weighted by molar-refractivity contribution is 5.77. The number of hydrogen-bond donors (Lipinski definition) is 0. The van der Waals surface area contributed by atoms with Crippen molar-refractivity contribution in [3.63, 3.8) is 0 Å². The second-order valence-electron chi connectivity index (χ2n) is 4.03. The fourth-order valence-electron chi connectivity index (χ4n) is 1.60. The third-order valence-corrected chi connectivity index (χ3v) is 2.67. The van der Waals surface area contributed by atoms with E-state index in [1.165, 1.54) is 7.11 Å². The average Bonchev–Trinajstić information content (AvgIpc) is 2.82. The summed E-state index contributed by atoms with van der Waals surface area (Å²) in [6, 6.07) is 0. The first-order chi connectivity index (χ1) is 9.06. The maximum atomic E-state index is 11.9. The van der Waals surface area contributed by atoms with E-state index in [-0.39, 0.29) is 24.7 Å². The van der Waals surface area contributed by atoms with E-state index in [4.69, 9.17) is 4.52 Å². The third kappa shape index (κ3) is 5.07. The van der Waals surface area contributed by atoms with Crippen LogP contribution in [-0.4, -0.2) is 47.1 Å². The summed E-state index contributed by atoms with van der Waals surface area (Å²) in [4.78, 5) is 28.6. The molecule has 1 amide bonds. The molecular formula is C12H19N3O4. The number of methoxy groups -OCH3 is 1. The van der Waals surface area contributed by atoms with E-state index < -0.39 is 0 Å². The molecule has 0 aliphatic rings. The van der Waals surface area contributed by atoms with Gasteiger partial charge >= 0.3 is 5.97 Å². The predicted molar refractivity (Wildman–Crippen MR) is 66.2 cm³/mol. The van der Waals surface area contributed by atoms with Gasteiger partial charge in [-0.1, -0.05) is 5.16 Å². The first-order valence-electron chi connectivity index (χ1n) is 6.20. The molecular weight excluding hydrogens is 250 g/mol. The molecule has 0 bridgehead atoms. The molecule has 0 aliphatic heterocycles. The Bertz CT molecular complexity index is 430. The molecule has 19 heavy (non-hydrogen) atoms. The summed E-state index contributed by atoms with van der Waals surface area (Å²) in [6.45, 7) is 4.51. The van der Waals surface area contributed by atoms with Crippen LogP contribution in [0.5, 0.6) is 0 Å². The van der Waals surface area contributed by atoms with Crippen LogP contribution < -0.4 is 0 Å². The van der Waals surface area contributed by atoms with Gasteiger partial charge in [-0.05, 0) is 13.8 Å². The van der Waals surface area contributed by atoms with Gasteiger partial charge in [0.2, 0.25) is 11.8 Å². The summed E-state index contributed by atoms with van der Waals surface area (Å²) in [5, 5.41) is 3.66. The van der Waals surface area contributed by atoms with Crippen LogP contribution in [0.2, 0.25) is 0 Å². The van der Waals surface area contributed by atoms with Gasteiger partial charge in [0.05, 0.1) is 13.5 Å². The van der Waals surface area contributed by atoms with Crippen molar-refractivity contribution in [2.45, 2.75) is 33.1 Å².